The lowest BCUT2D eigenvalue weighted by molar-refractivity contribution is -0.374. The van der Waals surface area contributed by atoms with Crippen molar-refractivity contribution in [1.29, 1.82) is 0 Å². The molecule has 1 aromatic rings. The highest BCUT2D eigenvalue weighted by Crippen LogP contribution is 2.61. The lowest BCUT2D eigenvalue weighted by Crippen LogP contribution is -2.56. The Morgan fingerprint density at radius 3 is 2.39 bits per heavy atom. The Bertz CT molecular complexity index is 1990. The van der Waals surface area contributed by atoms with Crippen molar-refractivity contribution in [2.75, 3.05) is 52.3 Å². The zero-order valence-corrected chi connectivity index (χ0v) is 44.4. The van der Waals surface area contributed by atoms with Crippen LogP contribution in [0, 0.1) is 17.3 Å². The summed E-state index contributed by atoms with van der Waals surface area (Å²) < 4.78 is 102. The number of allylic oxidation sites excluding steroid dienone is 1. The number of benzene rings is 1. The second kappa shape index (κ2) is 25.6. The van der Waals surface area contributed by atoms with Gasteiger partial charge < -0.3 is 34.1 Å². The van der Waals surface area contributed by atoms with E-state index in [9.17, 15) is 50.9 Å². The number of hydrogen-bond acceptors (Lipinski definition) is 12. The highest BCUT2D eigenvalue weighted by molar-refractivity contribution is 8.77. The maximum absolute atomic E-state index is 13.2. The van der Waals surface area contributed by atoms with E-state index < -0.39 is 48.9 Å². The Morgan fingerprint density at radius 1 is 0.931 bits per heavy atom. The summed E-state index contributed by atoms with van der Waals surface area (Å²) in [6.07, 6.45) is 0.517. The number of aryl methyl sites for hydroxylation is 1. The number of hydrogen-bond donors (Lipinski definition) is 2. The second-order valence-corrected chi connectivity index (χ2v) is 24.9. The first kappa shape index (κ1) is 58.9. The summed E-state index contributed by atoms with van der Waals surface area (Å²) in [5, 5.41) is 19.4. The molecule has 0 aromatic heterocycles. The standard InChI is InChI=1S/C53H78F6N2O9S2/c1-49(2,72-71-29-10-8-6-7-9-12-37(63)15-13-36-33-61(47(66)31-43(36)64)48-32-44(65)45(34-62)70-48)23-24-60(5)25-28-67-38-16-18-39-35(30-38)14-17-41-40(39)21-22-50(3)42(41)19-20-46(50)68-26-11-27-69-51(4,52(54,55)56)53(57,58)59/h16,18,30,33,40-42,44-46,48,62,65H,6-15,17,19-29,31-32,34H2,1-5H3. The minimum atomic E-state index is -5.57. The Morgan fingerprint density at radius 2 is 1.67 bits per heavy atom. The van der Waals surface area contributed by atoms with Crippen LogP contribution in [0.4, 0.5) is 26.3 Å². The molecule has 72 heavy (non-hydrogen) atoms. The van der Waals surface area contributed by atoms with E-state index in [1.54, 1.807) is 0 Å². The molecule has 0 bridgehead atoms. The largest absolute Gasteiger partial charge is 0.492 e. The van der Waals surface area contributed by atoms with Gasteiger partial charge in [-0.05, 0) is 151 Å². The van der Waals surface area contributed by atoms with Gasteiger partial charge in [0.25, 0.3) is 5.60 Å². The van der Waals surface area contributed by atoms with Gasteiger partial charge in [0.15, 0.2) is 5.78 Å². The third-order valence-corrected chi connectivity index (χ3v) is 19.6. The average molecular weight is 1070 g/mol. The van der Waals surface area contributed by atoms with E-state index in [1.165, 1.54) is 22.2 Å². The quantitative estimate of drug-likeness (QED) is 0.0358. The van der Waals surface area contributed by atoms with Gasteiger partial charge in [-0.15, -0.1) is 0 Å². The van der Waals surface area contributed by atoms with Crippen LogP contribution in [0.3, 0.4) is 0 Å². The van der Waals surface area contributed by atoms with Crippen LogP contribution in [0.25, 0.3) is 0 Å². The minimum Gasteiger partial charge on any atom is -0.492 e. The van der Waals surface area contributed by atoms with Gasteiger partial charge >= 0.3 is 12.4 Å². The van der Waals surface area contributed by atoms with E-state index in [2.05, 4.69) is 55.7 Å². The molecule has 8 unspecified atom stereocenters. The Hall–Kier alpha value is -2.39. The summed E-state index contributed by atoms with van der Waals surface area (Å²) in [6, 6.07) is 6.55. The number of carbonyl (C=O) groups excluding carboxylic acids is 3. The molecule has 3 fully saturated rings. The summed E-state index contributed by atoms with van der Waals surface area (Å²) in [4.78, 5) is 41.3. The summed E-state index contributed by atoms with van der Waals surface area (Å²) in [5.74, 6) is 2.73. The van der Waals surface area contributed by atoms with Crippen molar-refractivity contribution < 1.29 is 69.9 Å². The zero-order valence-electron chi connectivity index (χ0n) is 42.8. The highest BCUT2D eigenvalue weighted by atomic mass is 33.1. The number of nitrogens with zero attached hydrogens (tertiary/aromatic N) is 2. The second-order valence-electron chi connectivity index (χ2n) is 21.8. The molecule has 6 rings (SSSR count). The Labute approximate surface area is 430 Å². The number of likely N-dealkylation sites (N-methyl/N-ethyl adjacent to an activating group) is 1. The number of fused-ring (bicyclic) bond motifs is 5. The van der Waals surface area contributed by atoms with E-state index in [1.807, 2.05) is 21.6 Å². The van der Waals surface area contributed by atoms with Crippen LogP contribution in [-0.2, 0) is 35.0 Å². The molecule has 2 saturated carbocycles. The first-order chi connectivity index (χ1) is 34.0. The monoisotopic (exact) mass is 1060 g/mol. The number of halogens is 6. The molecule has 2 heterocycles. The van der Waals surface area contributed by atoms with Crippen molar-refractivity contribution in [2.24, 2.45) is 17.3 Å². The van der Waals surface area contributed by atoms with Gasteiger partial charge in [0, 0.05) is 54.7 Å². The van der Waals surface area contributed by atoms with Crippen LogP contribution in [0.5, 0.6) is 5.75 Å². The fraction of sp³-hybridized carbons (Fsp3) is 0.792. The zero-order chi connectivity index (χ0) is 52.5. The Balaban J connectivity index is 0.796. The number of ketones is 2. The SMILES string of the molecule is CN(CCOc1ccc2c(c1)CCC1C2CCC2(C)C(OCCCOC(C)(C(F)(F)F)C(F)(F)F)CCC12)CCC(C)(C)SSCCCCCCCC(=O)CCC1=CN(C2CC(O)C(CO)O2)C(=O)CC1=O. The predicted molar refractivity (Wildman–Crippen MR) is 266 cm³/mol. The summed E-state index contributed by atoms with van der Waals surface area (Å²) >= 11 is 0. The predicted octanol–water partition coefficient (Wildman–Crippen LogP) is 10.9. The fourth-order valence-corrected chi connectivity index (χ4v) is 14.2. The van der Waals surface area contributed by atoms with Crippen molar-refractivity contribution >= 4 is 39.1 Å². The van der Waals surface area contributed by atoms with Crippen LogP contribution in [0.15, 0.2) is 30.0 Å². The van der Waals surface area contributed by atoms with Crippen molar-refractivity contribution in [3.63, 3.8) is 0 Å². The van der Waals surface area contributed by atoms with E-state index in [4.69, 9.17) is 14.2 Å². The molecule has 3 aliphatic carbocycles. The van der Waals surface area contributed by atoms with E-state index in [-0.39, 0.29) is 80.1 Å². The molecular formula is C53H78F6N2O9S2. The maximum Gasteiger partial charge on any atom is 0.426 e. The molecule has 1 saturated heterocycles. The van der Waals surface area contributed by atoms with Gasteiger partial charge in [-0.2, -0.15) is 26.3 Å². The summed E-state index contributed by atoms with van der Waals surface area (Å²) in [6.45, 7) is 8.21. The number of alkyl halides is 6. The van der Waals surface area contributed by atoms with Gasteiger partial charge in [0.1, 0.15) is 30.5 Å². The molecule has 8 atom stereocenters. The van der Waals surface area contributed by atoms with Crippen molar-refractivity contribution in [2.45, 2.75) is 196 Å². The number of Topliss-reactive ketones (excluding diaryl/α,β-unsaturated/α-hetero) is 2. The van der Waals surface area contributed by atoms with Gasteiger partial charge in [-0.1, -0.05) is 53.8 Å². The van der Waals surface area contributed by atoms with Crippen LogP contribution in [0.2, 0.25) is 0 Å². The number of ether oxygens (including phenoxy) is 4. The minimum absolute atomic E-state index is 0.0341. The molecular weight excluding hydrogens is 987 g/mol. The molecule has 19 heteroatoms. The van der Waals surface area contributed by atoms with Crippen molar-refractivity contribution in [3.8, 4) is 5.75 Å². The summed E-state index contributed by atoms with van der Waals surface area (Å²) in [5.41, 5.74) is -1.15. The normalized spacial score (nSPS) is 27.0. The smallest absolute Gasteiger partial charge is 0.426 e. The number of rotatable bonds is 28. The first-order valence-electron chi connectivity index (χ1n) is 26.1. The molecule has 408 valence electrons. The van der Waals surface area contributed by atoms with Crippen LogP contribution >= 0.6 is 21.6 Å². The highest BCUT2D eigenvalue weighted by Gasteiger charge is 2.69. The molecule has 5 aliphatic rings. The van der Waals surface area contributed by atoms with E-state index in [0.717, 1.165) is 102 Å². The van der Waals surface area contributed by atoms with Gasteiger partial charge in [-0.25, -0.2) is 0 Å². The first-order valence-corrected chi connectivity index (χ1v) is 28.4. The van der Waals surface area contributed by atoms with Gasteiger partial charge in [0.05, 0.1) is 31.8 Å². The molecule has 2 N–H and O–H groups in total. The number of carbonyl (C=O) groups is 3. The van der Waals surface area contributed by atoms with Crippen LogP contribution in [-0.4, -0.2) is 137 Å². The number of unbranched alkanes of at least 4 members (excludes halogenated alkanes) is 4. The van der Waals surface area contributed by atoms with E-state index >= 15 is 0 Å². The fourth-order valence-electron chi connectivity index (χ4n) is 11.5. The average Bonchev–Trinajstić information content (AvgIpc) is 3.87. The van der Waals surface area contributed by atoms with Gasteiger partial charge in [0.2, 0.25) is 5.91 Å². The molecule has 11 nitrogen and oxygen atoms in total. The lowest BCUT2D eigenvalue weighted by Gasteiger charge is -2.50. The van der Waals surface area contributed by atoms with E-state index in [0.29, 0.717) is 36.4 Å². The molecule has 1 amide bonds. The molecule has 1 aromatic carbocycles. The van der Waals surface area contributed by atoms with Crippen molar-refractivity contribution in [1.82, 2.24) is 9.80 Å². The number of aliphatic hydroxyl groups excluding tert-OH is 2. The van der Waals surface area contributed by atoms with Crippen LogP contribution < -0.4 is 4.74 Å². The molecule has 2 aliphatic heterocycles. The van der Waals surface area contributed by atoms with Crippen molar-refractivity contribution in [3.05, 3.63) is 41.1 Å². The maximum atomic E-state index is 13.2. The topological polar surface area (TPSA) is 135 Å². The molecule has 0 spiro atoms. The third-order valence-electron chi connectivity index (χ3n) is 16.1. The third kappa shape index (κ3) is 15.0. The number of aliphatic hydroxyl groups is 2. The Kier molecular flexibility index (Phi) is 21.0. The number of amides is 1. The van der Waals surface area contributed by atoms with Gasteiger partial charge in [-0.3, -0.25) is 19.3 Å². The molecule has 0 radical (unpaired) electrons. The van der Waals surface area contributed by atoms with Crippen LogP contribution in [0.1, 0.15) is 154 Å². The lowest BCUT2D eigenvalue weighted by atomic mass is 9.55. The summed E-state index contributed by atoms with van der Waals surface area (Å²) in [7, 11) is 5.99.